The Morgan fingerprint density at radius 2 is 1.75 bits per heavy atom. The van der Waals surface area contributed by atoms with Crippen molar-refractivity contribution >= 4 is 44.8 Å². The van der Waals surface area contributed by atoms with Gasteiger partial charge in [-0.15, -0.1) is 0 Å². The third-order valence-electron chi connectivity index (χ3n) is 5.68. The normalized spacial score (nSPS) is 19.0. The molecule has 2 aliphatic heterocycles. The van der Waals surface area contributed by atoms with E-state index in [4.69, 9.17) is 42.5 Å². The maximum atomic E-state index is 6.54. The molecule has 0 radical (unpaired) electrons. The number of hydrogen-bond acceptors (Lipinski definition) is 5. The van der Waals surface area contributed by atoms with E-state index >= 15 is 0 Å². The van der Waals surface area contributed by atoms with Crippen LogP contribution >= 0.6 is 39.1 Å². The van der Waals surface area contributed by atoms with Crippen molar-refractivity contribution in [1.82, 2.24) is 5.01 Å². The standard InChI is InChI=1S/C24H19BrCl2N2O3/c1-30-21-8-5-14(9-22(21)31-2)19-12-20-17-10-16(26)11-18(27)23(17)32-24(29(20)28-19)13-3-6-15(25)7-4-13/h3-11,20,24H,12H2,1-2H3/t20-,24+/m1/s1. The molecule has 3 aromatic carbocycles. The van der Waals surface area contributed by atoms with Crippen LogP contribution in [0.3, 0.4) is 0 Å². The Balaban J connectivity index is 1.61. The number of halogens is 3. The Labute approximate surface area is 204 Å². The molecule has 0 aliphatic carbocycles. The Morgan fingerprint density at radius 3 is 2.47 bits per heavy atom. The van der Waals surface area contributed by atoms with E-state index in [0.29, 0.717) is 33.7 Å². The smallest absolute Gasteiger partial charge is 0.213 e. The molecule has 5 rings (SSSR count). The molecule has 2 aliphatic rings. The molecule has 0 amide bonds. The van der Waals surface area contributed by atoms with Gasteiger partial charge in [-0.1, -0.05) is 51.3 Å². The quantitative estimate of drug-likeness (QED) is 0.361. The lowest BCUT2D eigenvalue weighted by Crippen LogP contribution is -2.33. The number of methoxy groups -OCH3 is 2. The highest BCUT2D eigenvalue weighted by Gasteiger charge is 2.42. The molecule has 32 heavy (non-hydrogen) atoms. The van der Waals surface area contributed by atoms with Gasteiger partial charge in [0.25, 0.3) is 0 Å². The second-order valence-corrected chi connectivity index (χ2v) is 9.30. The molecule has 0 spiro atoms. The van der Waals surface area contributed by atoms with E-state index in [1.807, 2.05) is 53.5 Å². The molecule has 0 fully saturated rings. The molecule has 0 saturated heterocycles. The second kappa shape index (κ2) is 8.50. The number of hydrazone groups is 1. The fraction of sp³-hybridized carbons (Fsp3) is 0.208. The van der Waals surface area contributed by atoms with Gasteiger partial charge in [-0.05, 0) is 42.5 Å². The van der Waals surface area contributed by atoms with Crippen molar-refractivity contribution in [2.45, 2.75) is 18.7 Å². The van der Waals surface area contributed by atoms with Crippen molar-refractivity contribution < 1.29 is 14.2 Å². The van der Waals surface area contributed by atoms with Gasteiger partial charge in [-0.3, -0.25) is 0 Å². The molecule has 0 saturated carbocycles. The summed E-state index contributed by atoms with van der Waals surface area (Å²) in [6.45, 7) is 0. The van der Waals surface area contributed by atoms with Crippen LogP contribution in [0.5, 0.6) is 17.2 Å². The first-order valence-electron chi connectivity index (χ1n) is 9.97. The molecule has 3 aromatic rings. The topological polar surface area (TPSA) is 43.3 Å². The molecule has 164 valence electrons. The van der Waals surface area contributed by atoms with E-state index in [1.54, 1.807) is 20.3 Å². The van der Waals surface area contributed by atoms with Crippen molar-refractivity contribution in [1.29, 1.82) is 0 Å². The molecule has 2 atom stereocenters. The van der Waals surface area contributed by atoms with Gasteiger partial charge < -0.3 is 14.2 Å². The van der Waals surface area contributed by atoms with Crippen LogP contribution in [-0.2, 0) is 0 Å². The first-order valence-corrected chi connectivity index (χ1v) is 11.5. The molecule has 0 N–H and O–H groups in total. The number of fused-ring (bicyclic) bond motifs is 3. The minimum Gasteiger partial charge on any atom is -0.493 e. The van der Waals surface area contributed by atoms with Gasteiger partial charge in [-0.2, -0.15) is 5.10 Å². The largest absolute Gasteiger partial charge is 0.493 e. The summed E-state index contributed by atoms with van der Waals surface area (Å²) in [6, 6.07) is 17.4. The lowest BCUT2D eigenvalue weighted by atomic mass is 9.95. The lowest BCUT2D eigenvalue weighted by molar-refractivity contribution is -0.0189. The Hall–Kier alpha value is -2.41. The van der Waals surface area contributed by atoms with E-state index < -0.39 is 6.23 Å². The average Bonchev–Trinajstić information content (AvgIpc) is 3.25. The summed E-state index contributed by atoms with van der Waals surface area (Å²) in [5.74, 6) is 1.98. The van der Waals surface area contributed by atoms with Crippen LogP contribution in [0.1, 0.15) is 35.4 Å². The number of nitrogens with zero attached hydrogens (tertiary/aromatic N) is 2. The van der Waals surface area contributed by atoms with Crippen molar-refractivity contribution in [3.05, 3.63) is 85.8 Å². The summed E-state index contributed by atoms with van der Waals surface area (Å²) in [5, 5.41) is 8.03. The highest BCUT2D eigenvalue weighted by molar-refractivity contribution is 9.10. The van der Waals surface area contributed by atoms with Crippen molar-refractivity contribution in [2.75, 3.05) is 14.2 Å². The van der Waals surface area contributed by atoms with Gasteiger partial charge in [0, 0.05) is 32.6 Å². The number of rotatable bonds is 4. The second-order valence-electron chi connectivity index (χ2n) is 7.54. The Bertz CT molecular complexity index is 1220. The summed E-state index contributed by atoms with van der Waals surface area (Å²) in [7, 11) is 3.24. The van der Waals surface area contributed by atoms with Crippen LogP contribution in [0.25, 0.3) is 0 Å². The minimum absolute atomic E-state index is 0.0632. The zero-order valence-corrected chi connectivity index (χ0v) is 20.4. The van der Waals surface area contributed by atoms with E-state index in [1.165, 1.54) is 0 Å². The summed E-state index contributed by atoms with van der Waals surface area (Å²) in [5.41, 5.74) is 3.79. The molecule has 0 bridgehead atoms. The summed E-state index contributed by atoms with van der Waals surface area (Å²) in [6.07, 6.45) is 0.257. The highest BCUT2D eigenvalue weighted by Crippen LogP contribution is 2.51. The zero-order chi connectivity index (χ0) is 22.4. The van der Waals surface area contributed by atoms with Gasteiger partial charge in [0.1, 0.15) is 5.75 Å². The van der Waals surface area contributed by atoms with Crippen LogP contribution in [0.4, 0.5) is 0 Å². The SMILES string of the molecule is COc1ccc(C2=NN3[C@H](C2)c2cc(Cl)cc(Cl)c2O[C@H]3c2ccc(Br)cc2)cc1OC. The average molecular weight is 534 g/mol. The van der Waals surface area contributed by atoms with Crippen LogP contribution in [0, 0.1) is 0 Å². The molecular weight excluding hydrogens is 515 g/mol. The third-order valence-corrected chi connectivity index (χ3v) is 6.71. The van der Waals surface area contributed by atoms with Crippen LogP contribution in [0.2, 0.25) is 10.0 Å². The van der Waals surface area contributed by atoms with Gasteiger partial charge in [0.05, 0.1) is 31.0 Å². The van der Waals surface area contributed by atoms with Gasteiger partial charge >= 0.3 is 0 Å². The Kier molecular flexibility index (Phi) is 5.70. The maximum Gasteiger partial charge on any atom is 0.213 e. The summed E-state index contributed by atoms with van der Waals surface area (Å²) < 4.78 is 18.3. The molecule has 8 heteroatoms. The minimum atomic E-state index is -0.420. The Morgan fingerprint density at radius 1 is 1.00 bits per heavy atom. The fourth-order valence-electron chi connectivity index (χ4n) is 4.15. The van der Waals surface area contributed by atoms with E-state index in [-0.39, 0.29) is 6.04 Å². The van der Waals surface area contributed by atoms with Crippen LogP contribution in [0.15, 0.2) is 64.2 Å². The van der Waals surface area contributed by atoms with Crippen molar-refractivity contribution in [3.8, 4) is 17.2 Å². The monoisotopic (exact) mass is 532 g/mol. The third kappa shape index (κ3) is 3.70. The van der Waals surface area contributed by atoms with Gasteiger partial charge in [0.2, 0.25) is 6.23 Å². The molecule has 5 nitrogen and oxygen atoms in total. The summed E-state index contributed by atoms with van der Waals surface area (Å²) >= 11 is 16.4. The lowest BCUT2D eigenvalue weighted by Gasteiger charge is -2.38. The summed E-state index contributed by atoms with van der Waals surface area (Å²) in [4.78, 5) is 0. The van der Waals surface area contributed by atoms with E-state index in [2.05, 4.69) is 15.9 Å². The number of ether oxygens (including phenoxy) is 3. The molecular formula is C24H19BrCl2N2O3. The highest BCUT2D eigenvalue weighted by atomic mass is 79.9. The fourth-order valence-corrected chi connectivity index (χ4v) is 4.97. The zero-order valence-electron chi connectivity index (χ0n) is 17.3. The van der Waals surface area contributed by atoms with E-state index in [0.717, 1.165) is 26.9 Å². The van der Waals surface area contributed by atoms with Gasteiger partial charge in [-0.25, -0.2) is 5.01 Å². The first-order chi connectivity index (χ1) is 15.5. The van der Waals surface area contributed by atoms with Crippen LogP contribution < -0.4 is 14.2 Å². The predicted octanol–water partition coefficient (Wildman–Crippen LogP) is 7.02. The maximum absolute atomic E-state index is 6.54. The number of hydrogen-bond donors (Lipinski definition) is 0. The first kappa shape index (κ1) is 21.4. The molecule has 0 unspecified atom stereocenters. The molecule has 2 heterocycles. The van der Waals surface area contributed by atoms with Crippen molar-refractivity contribution in [3.63, 3.8) is 0 Å². The number of benzene rings is 3. The predicted molar refractivity (Wildman–Crippen MR) is 129 cm³/mol. The molecule has 0 aromatic heterocycles. The van der Waals surface area contributed by atoms with Crippen molar-refractivity contribution in [2.24, 2.45) is 5.10 Å². The van der Waals surface area contributed by atoms with Crippen LogP contribution in [-0.4, -0.2) is 24.9 Å². The van der Waals surface area contributed by atoms with Gasteiger partial charge in [0.15, 0.2) is 11.5 Å². The van der Waals surface area contributed by atoms with E-state index in [9.17, 15) is 0 Å².